The Hall–Kier alpha value is -2.05. The van der Waals surface area contributed by atoms with Gasteiger partial charge in [0.05, 0.1) is 6.61 Å². The van der Waals surface area contributed by atoms with Crippen molar-refractivity contribution in [3.05, 3.63) is 12.3 Å². The third kappa shape index (κ3) is 4.75. The molecule has 7 heteroatoms. The van der Waals surface area contributed by atoms with Crippen LogP contribution >= 0.6 is 0 Å². The summed E-state index contributed by atoms with van der Waals surface area (Å²) in [7, 11) is 3.91. The smallest absolute Gasteiger partial charge is 0.407 e. The second-order valence-corrected chi connectivity index (χ2v) is 5.69. The van der Waals surface area contributed by atoms with Crippen LogP contribution in [0.1, 0.15) is 32.6 Å². The lowest BCUT2D eigenvalue weighted by atomic mass is 9.91. The van der Waals surface area contributed by atoms with Crippen LogP contribution in [0.15, 0.2) is 12.3 Å². The van der Waals surface area contributed by atoms with Gasteiger partial charge in [-0.15, -0.1) is 0 Å². The van der Waals surface area contributed by atoms with E-state index < -0.39 is 0 Å². The van der Waals surface area contributed by atoms with Crippen LogP contribution in [0.25, 0.3) is 0 Å². The summed E-state index contributed by atoms with van der Waals surface area (Å²) in [6.45, 7) is 2.21. The number of nitrogens with zero attached hydrogens (tertiary/aromatic N) is 3. The summed E-state index contributed by atoms with van der Waals surface area (Å²) in [5.74, 6) is 1.54. The van der Waals surface area contributed by atoms with E-state index in [9.17, 15) is 4.79 Å². The van der Waals surface area contributed by atoms with E-state index >= 15 is 0 Å². The molecule has 1 aliphatic carbocycles. The molecule has 2 rings (SSSR count). The molecule has 0 aliphatic heterocycles. The molecule has 2 N–H and O–H groups in total. The normalized spacial score (nSPS) is 21.0. The number of nitrogens with one attached hydrogen (secondary N) is 2. The molecule has 0 aromatic carbocycles. The van der Waals surface area contributed by atoms with Crippen molar-refractivity contribution in [2.24, 2.45) is 0 Å². The maximum Gasteiger partial charge on any atom is 0.407 e. The summed E-state index contributed by atoms with van der Waals surface area (Å²) in [5, 5.41) is 6.28. The molecule has 0 bridgehead atoms. The number of amides is 1. The average Bonchev–Trinajstić information content (AvgIpc) is 2.50. The van der Waals surface area contributed by atoms with Gasteiger partial charge in [-0.1, -0.05) is 0 Å². The van der Waals surface area contributed by atoms with Gasteiger partial charge in [0.1, 0.15) is 5.82 Å². The van der Waals surface area contributed by atoms with E-state index in [2.05, 4.69) is 20.6 Å². The van der Waals surface area contributed by atoms with Gasteiger partial charge < -0.3 is 20.3 Å². The fraction of sp³-hybridized carbons (Fsp3) is 0.667. The van der Waals surface area contributed by atoms with Crippen LogP contribution in [-0.2, 0) is 4.74 Å². The summed E-state index contributed by atoms with van der Waals surface area (Å²) in [6.07, 6.45) is 5.27. The lowest BCUT2D eigenvalue weighted by Crippen LogP contribution is -2.40. The van der Waals surface area contributed by atoms with Gasteiger partial charge in [-0.25, -0.2) is 9.78 Å². The van der Waals surface area contributed by atoms with E-state index in [1.165, 1.54) is 0 Å². The van der Waals surface area contributed by atoms with Crippen molar-refractivity contribution >= 4 is 17.9 Å². The minimum atomic E-state index is -0.319. The number of hydrogen-bond acceptors (Lipinski definition) is 6. The summed E-state index contributed by atoms with van der Waals surface area (Å²) in [6, 6.07) is 2.43. The first-order chi connectivity index (χ1) is 10.6. The molecule has 0 atom stereocenters. The standard InChI is InChI=1S/C15H25N5O2/c1-4-22-15(21)18-12-7-5-11(6-8-12)17-14-16-10-9-13(19-14)20(2)3/h9-12H,4-8H2,1-3H3,(H,18,21)(H,16,17,19). The lowest BCUT2D eigenvalue weighted by Gasteiger charge is -2.29. The van der Waals surface area contributed by atoms with Gasteiger partial charge in [0.2, 0.25) is 5.95 Å². The second kappa shape index (κ2) is 7.82. The Bertz CT molecular complexity index is 487. The van der Waals surface area contributed by atoms with Crippen LogP contribution in [0, 0.1) is 0 Å². The Morgan fingerprint density at radius 3 is 2.64 bits per heavy atom. The Labute approximate surface area is 131 Å². The van der Waals surface area contributed by atoms with Gasteiger partial charge in [0, 0.05) is 32.4 Å². The van der Waals surface area contributed by atoms with Crippen molar-refractivity contribution in [3.63, 3.8) is 0 Å². The Kier molecular flexibility index (Phi) is 5.80. The number of rotatable bonds is 5. The first-order valence-electron chi connectivity index (χ1n) is 7.78. The van der Waals surface area contributed by atoms with Crippen molar-refractivity contribution in [3.8, 4) is 0 Å². The molecule has 122 valence electrons. The molecule has 1 aromatic heterocycles. The highest BCUT2D eigenvalue weighted by molar-refractivity contribution is 5.67. The Balaban J connectivity index is 1.80. The monoisotopic (exact) mass is 307 g/mol. The number of carbonyl (C=O) groups excluding carboxylic acids is 1. The minimum Gasteiger partial charge on any atom is -0.450 e. The predicted octanol–water partition coefficient (Wildman–Crippen LogP) is 2.01. The molecule has 1 heterocycles. The summed E-state index contributed by atoms with van der Waals surface area (Å²) in [4.78, 5) is 22.1. The van der Waals surface area contributed by atoms with Crippen LogP contribution in [0.5, 0.6) is 0 Å². The molecule has 0 radical (unpaired) electrons. The number of alkyl carbamates (subject to hydrolysis) is 1. The molecule has 7 nitrogen and oxygen atoms in total. The highest BCUT2D eigenvalue weighted by Crippen LogP contribution is 2.21. The van der Waals surface area contributed by atoms with Gasteiger partial charge in [-0.05, 0) is 38.7 Å². The molecule has 0 spiro atoms. The van der Waals surface area contributed by atoms with Gasteiger partial charge in [0.25, 0.3) is 0 Å². The third-order valence-corrected chi connectivity index (χ3v) is 3.76. The van der Waals surface area contributed by atoms with Crippen LogP contribution in [0.2, 0.25) is 0 Å². The van der Waals surface area contributed by atoms with E-state index in [0.717, 1.165) is 31.5 Å². The van der Waals surface area contributed by atoms with Crippen molar-refractivity contribution in [2.45, 2.75) is 44.7 Å². The zero-order valence-electron chi connectivity index (χ0n) is 13.5. The highest BCUT2D eigenvalue weighted by Gasteiger charge is 2.23. The molecule has 0 saturated heterocycles. The first kappa shape index (κ1) is 16.3. The van der Waals surface area contributed by atoms with Crippen molar-refractivity contribution in [1.29, 1.82) is 0 Å². The number of anilines is 2. The van der Waals surface area contributed by atoms with E-state index in [1.54, 1.807) is 6.20 Å². The largest absolute Gasteiger partial charge is 0.450 e. The van der Waals surface area contributed by atoms with E-state index in [-0.39, 0.29) is 12.1 Å². The topological polar surface area (TPSA) is 79.4 Å². The van der Waals surface area contributed by atoms with Gasteiger partial charge >= 0.3 is 6.09 Å². The second-order valence-electron chi connectivity index (χ2n) is 5.69. The van der Waals surface area contributed by atoms with Crippen molar-refractivity contribution in [2.75, 3.05) is 30.9 Å². The third-order valence-electron chi connectivity index (χ3n) is 3.76. The quantitative estimate of drug-likeness (QED) is 0.866. The fourth-order valence-corrected chi connectivity index (χ4v) is 2.57. The zero-order valence-corrected chi connectivity index (χ0v) is 13.5. The fourth-order valence-electron chi connectivity index (χ4n) is 2.57. The molecule has 1 fully saturated rings. The molecule has 22 heavy (non-hydrogen) atoms. The molecule has 1 amide bonds. The van der Waals surface area contributed by atoms with E-state index in [1.807, 2.05) is 32.0 Å². The molecule has 1 aliphatic rings. The van der Waals surface area contributed by atoms with Crippen LogP contribution < -0.4 is 15.5 Å². The minimum absolute atomic E-state index is 0.200. The molecular formula is C15H25N5O2. The maximum atomic E-state index is 11.4. The molecule has 1 saturated carbocycles. The van der Waals surface area contributed by atoms with Crippen molar-refractivity contribution < 1.29 is 9.53 Å². The summed E-state index contributed by atoms with van der Waals surface area (Å²) in [5.41, 5.74) is 0. The number of hydrogen-bond donors (Lipinski definition) is 2. The molecular weight excluding hydrogens is 282 g/mol. The van der Waals surface area contributed by atoms with Crippen LogP contribution in [0.3, 0.4) is 0 Å². The Morgan fingerprint density at radius 1 is 1.32 bits per heavy atom. The summed E-state index contributed by atoms with van der Waals surface area (Å²) < 4.78 is 4.91. The van der Waals surface area contributed by atoms with Crippen molar-refractivity contribution in [1.82, 2.24) is 15.3 Å². The molecule has 0 unspecified atom stereocenters. The Morgan fingerprint density at radius 2 is 2.00 bits per heavy atom. The lowest BCUT2D eigenvalue weighted by molar-refractivity contribution is 0.144. The van der Waals surface area contributed by atoms with Crippen LogP contribution in [0.4, 0.5) is 16.6 Å². The van der Waals surface area contributed by atoms with E-state index in [0.29, 0.717) is 18.6 Å². The van der Waals surface area contributed by atoms with Gasteiger partial charge in [-0.2, -0.15) is 4.98 Å². The van der Waals surface area contributed by atoms with Gasteiger partial charge in [-0.3, -0.25) is 0 Å². The van der Waals surface area contributed by atoms with Gasteiger partial charge in [0.15, 0.2) is 0 Å². The summed E-state index contributed by atoms with van der Waals surface area (Å²) >= 11 is 0. The molecule has 1 aromatic rings. The maximum absolute atomic E-state index is 11.4. The number of aromatic nitrogens is 2. The first-order valence-corrected chi connectivity index (χ1v) is 7.78. The number of carbonyl (C=O) groups is 1. The number of ether oxygens (including phenoxy) is 1. The highest BCUT2D eigenvalue weighted by atomic mass is 16.5. The zero-order chi connectivity index (χ0) is 15.9. The van der Waals surface area contributed by atoms with Crippen LogP contribution in [-0.4, -0.2) is 48.8 Å². The van der Waals surface area contributed by atoms with E-state index in [4.69, 9.17) is 4.74 Å². The SMILES string of the molecule is CCOC(=O)NC1CCC(Nc2nccc(N(C)C)n2)CC1. The predicted molar refractivity (Wildman–Crippen MR) is 86.2 cm³/mol. The average molecular weight is 307 g/mol.